The number of rotatable bonds is 1. The molecule has 4 heteroatoms. The van der Waals surface area contributed by atoms with Gasteiger partial charge in [-0.3, -0.25) is 15.2 Å². The van der Waals surface area contributed by atoms with Crippen LogP contribution in [0.2, 0.25) is 0 Å². The Morgan fingerprint density at radius 3 is 3.00 bits per heavy atom. The quantitative estimate of drug-likeness (QED) is 0.413. The molecule has 0 aliphatic heterocycles. The number of hydrogen-bond acceptors (Lipinski definition) is 3. The van der Waals surface area contributed by atoms with Crippen molar-refractivity contribution in [2.24, 2.45) is 5.84 Å². The highest BCUT2D eigenvalue weighted by atomic mass is 16.2. The third kappa shape index (κ3) is 1.67. The standard InChI is InChI=1S/C11H11N3O/c1-7-3-2-4-8-5-9(11(15)14-12)6-13-10(7)8/h2-6H,12H2,1H3,(H,14,15). The number of benzene rings is 1. The van der Waals surface area contributed by atoms with Crippen LogP contribution in [0.1, 0.15) is 15.9 Å². The van der Waals surface area contributed by atoms with Crippen LogP contribution in [0, 0.1) is 6.92 Å². The summed E-state index contributed by atoms with van der Waals surface area (Å²) in [5, 5.41) is 0.941. The Balaban J connectivity index is 2.62. The molecule has 2 rings (SSSR count). The molecular weight excluding hydrogens is 190 g/mol. The Labute approximate surface area is 87.1 Å². The summed E-state index contributed by atoms with van der Waals surface area (Å²) >= 11 is 0. The average Bonchev–Trinajstić information content (AvgIpc) is 2.28. The lowest BCUT2D eigenvalue weighted by atomic mass is 10.1. The molecule has 4 nitrogen and oxygen atoms in total. The monoisotopic (exact) mass is 201 g/mol. The first-order valence-corrected chi connectivity index (χ1v) is 4.58. The van der Waals surface area contributed by atoms with Gasteiger partial charge >= 0.3 is 0 Å². The Bertz CT molecular complexity index is 522. The first kappa shape index (κ1) is 9.61. The number of carbonyl (C=O) groups excluding carboxylic acids is 1. The molecule has 76 valence electrons. The van der Waals surface area contributed by atoms with E-state index >= 15 is 0 Å². The predicted molar refractivity (Wildman–Crippen MR) is 58.1 cm³/mol. The van der Waals surface area contributed by atoms with Gasteiger partial charge in [-0.2, -0.15) is 0 Å². The Morgan fingerprint density at radius 2 is 2.27 bits per heavy atom. The maximum Gasteiger partial charge on any atom is 0.266 e. The van der Waals surface area contributed by atoms with Gasteiger partial charge in [0.1, 0.15) is 0 Å². The van der Waals surface area contributed by atoms with E-state index in [1.54, 1.807) is 6.07 Å². The molecule has 0 spiro atoms. The molecule has 1 aromatic carbocycles. The molecule has 0 atom stereocenters. The predicted octanol–water partition coefficient (Wildman–Crippen LogP) is 1.15. The SMILES string of the molecule is Cc1cccc2cc(C(=O)NN)cnc12. The van der Waals surface area contributed by atoms with Crippen molar-refractivity contribution in [3.8, 4) is 0 Å². The Hall–Kier alpha value is -1.94. The number of aryl methyl sites for hydroxylation is 1. The van der Waals surface area contributed by atoms with E-state index in [9.17, 15) is 4.79 Å². The number of carbonyl (C=O) groups is 1. The van der Waals surface area contributed by atoms with Crippen LogP contribution in [0.4, 0.5) is 0 Å². The number of aromatic nitrogens is 1. The molecule has 1 amide bonds. The summed E-state index contributed by atoms with van der Waals surface area (Å²) in [4.78, 5) is 15.5. The zero-order valence-corrected chi connectivity index (χ0v) is 8.32. The molecule has 0 aliphatic carbocycles. The molecule has 1 heterocycles. The van der Waals surface area contributed by atoms with Crippen molar-refractivity contribution in [1.82, 2.24) is 10.4 Å². The van der Waals surface area contributed by atoms with Gasteiger partial charge in [-0.25, -0.2) is 5.84 Å². The van der Waals surface area contributed by atoms with Gasteiger partial charge in [0.15, 0.2) is 0 Å². The van der Waals surface area contributed by atoms with Crippen molar-refractivity contribution in [3.63, 3.8) is 0 Å². The summed E-state index contributed by atoms with van der Waals surface area (Å²) in [6.45, 7) is 1.98. The van der Waals surface area contributed by atoms with Crippen molar-refractivity contribution in [3.05, 3.63) is 41.6 Å². The zero-order valence-electron chi connectivity index (χ0n) is 8.32. The number of fused-ring (bicyclic) bond motifs is 1. The van der Waals surface area contributed by atoms with Crippen LogP contribution in [-0.2, 0) is 0 Å². The molecule has 0 unspecified atom stereocenters. The molecule has 0 bridgehead atoms. The number of pyridine rings is 1. The minimum Gasteiger partial charge on any atom is -0.290 e. The Morgan fingerprint density at radius 1 is 1.47 bits per heavy atom. The maximum atomic E-state index is 11.3. The van der Waals surface area contributed by atoms with E-state index in [1.165, 1.54) is 6.20 Å². The van der Waals surface area contributed by atoms with Gasteiger partial charge in [0.2, 0.25) is 0 Å². The van der Waals surface area contributed by atoms with Crippen molar-refractivity contribution in [2.45, 2.75) is 6.92 Å². The molecule has 2 aromatic rings. The fourth-order valence-corrected chi connectivity index (χ4v) is 1.52. The summed E-state index contributed by atoms with van der Waals surface area (Å²) in [7, 11) is 0. The van der Waals surface area contributed by atoms with Crippen LogP contribution in [0.5, 0.6) is 0 Å². The van der Waals surface area contributed by atoms with Gasteiger partial charge in [-0.05, 0) is 18.6 Å². The van der Waals surface area contributed by atoms with Crippen molar-refractivity contribution >= 4 is 16.8 Å². The summed E-state index contributed by atoms with van der Waals surface area (Å²) in [5.74, 6) is 4.72. The molecule has 0 aliphatic rings. The number of para-hydroxylation sites is 1. The molecule has 3 N–H and O–H groups in total. The van der Waals surface area contributed by atoms with Gasteiger partial charge in [-0.1, -0.05) is 18.2 Å². The first-order chi connectivity index (χ1) is 7.22. The van der Waals surface area contributed by atoms with Crippen LogP contribution in [0.3, 0.4) is 0 Å². The molecule has 15 heavy (non-hydrogen) atoms. The van der Waals surface area contributed by atoms with Gasteiger partial charge in [-0.15, -0.1) is 0 Å². The fraction of sp³-hybridized carbons (Fsp3) is 0.0909. The van der Waals surface area contributed by atoms with Crippen LogP contribution in [0.25, 0.3) is 10.9 Å². The maximum absolute atomic E-state index is 11.3. The van der Waals surface area contributed by atoms with Gasteiger partial charge in [0.05, 0.1) is 11.1 Å². The smallest absolute Gasteiger partial charge is 0.266 e. The second-order valence-electron chi connectivity index (χ2n) is 3.34. The lowest BCUT2D eigenvalue weighted by Gasteiger charge is -2.03. The lowest BCUT2D eigenvalue weighted by molar-refractivity contribution is 0.0953. The second-order valence-corrected chi connectivity index (χ2v) is 3.34. The van der Waals surface area contributed by atoms with E-state index in [4.69, 9.17) is 5.84 Å². The molecular formula is C11H11N3O. The number of hydrazine groups is 1. The van der Waals surface area contributed by atoms with Crippen LogP contribution in [0.15, 0.2) is 30.5 Å². The van der Waals surface area contributed by atoms with Crippen LogP contribution < -0.4 is 11.3 Å². The number of hydrogen-bond donors (Lipinski definition) is 2. The van der Waals surface area contributed by atoms with E-state index in [0.29, 0.717) is 5.56 Å². The minimum atomic E-state index is -0.328. The number of nitrogens with zero attached hydrogens (tertiary/aromatic N) is 1. The fourth-order valence-electron chi connectivity index (χ4n) is 1.52. The van der Waals surface area contributed by atoms with Crippen LogP contribution >= 0.6 is 0 Å². The average molecular weight is 201 g/mol. The number of nitrogens with one attached hydrogen (secondary N) is 1. The van der Waals surface area contributed by atoms with Crippen molar-refractivity contribution in [2.75, 3.05) is 0 Å². The lowest BCUT2D eigenvalue weighted by Crippen LogP contribution is -2.30. The highest BCUT2D eigenvalue weighted by molar-refractivity contribution is 5.97. The number of amides is 1. The van der Waals surface area contributed by atoms with E-state index in [0.717, 1.165) is 16.5 Å². The van der Waals surface area contributed by atoms with E-state index < -0.39 is 0 Å². The highest BCUT2D eigenvalue weighted by Crippen LogP contribution is 2.16. The number of nitrogen functional groups attached to an aromatic ring is 1. The summed E-state index contributed by atoms with van der Waals surface area (Å²) in [5.41, 5.74) is 4.55. The van der Waals surface area contributed by atoms with E-state index in [2.05, 4.69) is 10.4 Å². The van der Waals surface area contributed by atoms with E-state index in [-0.39, 0.29) is 5.91 Å². The molecule has 0 saturated carbocycles. The van der Waals surface area contributed by atoms with Crippen molar-refractivity contribution in [1.29, 1.82) is 0 Å². The van der Waals surface area contributed by atoms with E-state index in [1.807, 2.05) is 25.1 Å². The largest absolute Gasteiger partial charge is 0.290 e. The molecule has 0 radical (unpaired) electrons. The van der Waals surface area contributed by atoms with Crippen molar-refractivity contribution < 1.29 is 4.79 Å². The second kappa shape index (κ2) is 3.67. The highest BCUT2D eigenvalue weighted by Gasteiger charge is 2.05. The summed E-state index contributed by atoms with van der Waals surface area (Å²) < 4.78 is 0. The Kier molecular flexibility index (Phi) is 2.35. The zero-order chi connectivity index (χ0) is 10.8. The molecule has 1 aromatic heterocycles. The van der Waals surface area contributed by atoms with Gasteiger partial charge in [0, 0.05) is 11.6 Å². The third-order valence-electron chi connectivity index (χ3n) is 2.31. The van der Waals surface area contributed by atoms with Crippen LogP contribution in [-0.4, -0.2) is 10.9 Å². The topological polar surface area (TPSA) is 68.0 Å². The third-order valence-corrected chi connectivity index (χ3v) is 2.31. The number of nitrogens with two attached hydrogens (primary N) is 1. The summed E-state index contributed by atoms with van der Waals surface area (Å²) in [6, 6.07) is 7.61. The van der Waals surface area contributed by atoms with Gasteiger partial charge in [0.25, 0.3) is 5.91 Å². The molecule has 0 fully saturated rings. The summed E-state index contributed by atoms with van der Waals surface area (Å²) in [6.07, 6.45) is 1.53. The van der Waals surface area contributed by atoms with Gasteiger partial charge < -0.3 is 0 Å². The first-order valence-electron chi connectivity index (χ1n) is 4.58. The molecule has 0 saturated heterocycles. The normalized spacial score (nSPS) is 10.3. The minimum absolute atomic E-state index is 0.328.